The third-order valence-corrected chi connectivity index (χ3v) is 3.06. The first-order chi connectivity index (χ1) is 7.06. The number of aliphatic carboxylic acids is 1. The molecule has 15 heavy (non-hydrogen) atoms. The maximum Gasteiger partial charge on any atom is 0.331 e. The van der Waals surface area contributed by atoms with Crippen molar-refractivity contribution in [3.05, 3.63) is 39.0 Å². The third-order valence-electron chi connectivity index (χ3n) is 2.34. The summed E-state index contributed by atoms with van der Waals surface area (Å²) >= 11 is 2.23. The molecule has 0 spiro atoms. The van der Waals surface area contributed by atoms with Crippen molar-refractivity contribution in [1.82, 2.24) is 0 Å². The van der Waals surface area contributed by atoms with E-state index in [0.29, 0.717) is 12.0 Å². The van der Waals surface area contributed by atoms with Crippen LogP contribution in [0.2, 0.25) is 0 Å². The van der Waals surface area contributed by atoms with Gasteiger partial charge in [0, 0.05) is 9.14 Å². The van der Waals surface area contributed by atoms with Crippen LogP contribution in [0.4, 0.5) is 0 Å². The quantitative estimate of drug-likeness (QED) is 0.684. The summed E-state index contributed by atoms with van der Waals surface area (Å²) in [5.41, 5.74) is 2.31. The number of halogens is 1. The van der Waals surface area contributed by atoms with Gasteiger partial charge >= 0.3 is 5.97 Å². The van der Waals surface area contributed by atoms with Crippen LogP contribution >= 0.6 is 22.6 Å². The van der Waals surface area contributed by atoms with Crippen molar-refractivity contribution in [2.75, 3.05) is 0 Å². The van der Waals surface area contributed by atoms with Crippen molar-refractivity contribution in [2.24, 2.45) is 0 Å². The smallest absolute Gasteiger partial charge is 0.331 e. The van der Waals surface area contributed by atoms with E-state index in [0.717, 1.165) is 14.7 Å². The molecule has 0 bridgehead atoms. The van der Waals surface area contributed by atoms with Crippen molar-refractivity contribution >= 4 is 34.1 Å². The fourth-order valence-corrected chi connectivity index (χ4v) is 1.81. The molecule has 1 rings (SSSR count). The van der Waals surface area contributed by atoms with Crippen LogP contribution in [0.5, 0.6) is 0 Å². The molecular formula is C12H13IO2. The molecule has 1 aromatic carbocycles. The van der Waals surface area contributed by atoms with Crippen molar-refractivity contribution in [3.63, 3.8) is 0 Å². The van der Waals surface area contributed by atoms with E-state index in [1.807, 2.05) is 38.1 Å². The largest absolute Gasteiger partial charge is 0.478 e. The van der Waals surface area contributed by atoms with Gasteiger partial charge in [-0.05, 0) is 59.2 Å². The highest BCUT2D eigenvalue weighted by Gasteiger charge is 2.09. The molecule has 0 radical (unpaired) electrons. The van der Waals surface area contributed by atoms with E-state index in [1.165, 1.54) is 0 Å². The summed E-state index contributed by atoms with van der Waals surface area (Å²) in [5.74, 6) is -0.825. The molecule has 0 aromatic heterocycles. The summed E-state index contributed by atoms with van der Waals surface area (Å²) in [6, 6.07) is 7.87. The van der Waals surface area contributed by atoms with E-state index >= 15 is 0 Å². The highest BCUT2D eigenvalue weighted by molar-refractivity contribution is 14.1. The van der Waals surface area contributed by atoms with Crippen LogP contribution in [0, 0.1) is 3.57 Å². The van der Waals surface area contributed by atoms with Gasteiger partial charge in [-0.15, -0.1) is 0 Å². The van der Waals surface area contributed by atoms with Gasteiger partial charge in [0.15, 0.2) is 0 Å². The number of allylic oxidation sites excluding steroid dienone is 1. The van der Waals surface area contributed by atoms with Gasteiger partial charge in [0.1, 0.15) is 0 Å². The summed E-state index contributed by atoms with van der Waals surface area (Å²) in [7, 11) is 0. The zero-order valence-electron chi connectivity index (χ0n) is 8.75. The SMILES string of the molecule is CC/C(C(=O)O)=C(/C)c1ccc(I)cc1. The predicted molar refractivity (Wildman–Crippen MR) is 69.7 cm³/mol. The van der Waals surface area contributed by atoms with Gasteiger partial charge in [0.2, 0.25) is 0 Å². The van der Waals surface area contributed by atoms with Gasteiger partial charge in [-0.25, -0.2) is 4.79 Å². The number of rotatable bonds is 3. The van der Waals surface area contributed by atoms with Crippen LogP contribution in [0.3, 0.4) is 0 Å². The first-order valence-electron chi connectivity index (χ1n) is 4.75. The highest BCUT2D eigenvalue weighted by Crippen LogP contribution is 2.21. The lowest BCUT2D eigenvalue weighted by atomic mass is 10.00. The zero-order chi connectivity index (χ0) is 11.4. The van der Waals surface area contributed by atoms with Gasteiger partial charge in [-0.1, -0.05) is 19.1 Å². The highest BCUT2D eigenvalue weighted by atomic mass is 127. The van der Waals surface area contributed by atoms with Gasteiger partial charge in [-0.3, -0.25) is 0 Å². The number of carboxylic acids is 1. The van der Waals surface area contributed by atoms with Gasteiger partial charge < -0.3 is 5.11 Å². The number of benzene rings is 1. The Kier molecular flexibility index (Phi) is 4.32. The maximum absolute atomic E-state index is 11.0. The van der Waals surface area contributed by atoms with E-state index in [9.17, 15) is 4.79 Å². The minimum atomic E-state index is -0.825. The molecule has 0 heterocycles. The van der Waals surface area contributed by atoms with E-state index in [-0.39, 0.29) is 0 Å². The van der Waals surface area contributed by atoms with Gasteiger partial charge in [0.25, 0.3) is 0 Å². The molecule has 0 amide bonds. The van der Waals surface area contributed by atoms with E-state index in [1.54, 1.807) is 0 Å². The monoisotopic (exact) mass is 316 g/mol. The lowest BCUT2D eigenvalue weighted by molar-refractivity contribution is -0.132. The third kappa shape index (κ3) is 3.06. The lowest BCUT2D eigenvalue weighted by Gasteiger charge is -2.06. The molecule has 0 aliphatic carbocycles. The van der Waals surface area contributed by atoms with Crippen molar-refractivity contribution in [2.45, 2.75) is 20.3 Å². The molecule has 0 aliphatic rings. The molecule has 0 saturated heterocycles. The Hall–Kier alpha value is -0.840. The fourth-order valence-electron chi connectivity index (χ4n) is 1.45. The predicted octanol–water partition coefficient (Wildman–Crippen LogP) is 3.56. The standard InChI is InChI=1S/C12H13IO2/c1-3-11(12(14)15)8(2)9-4-6-10(13)7-5-9/h4-7H,3H2,1-2H3,(H,14,15)/b11-8+. The molecule has 2 nitrogen and oxygen atoms in total. The summed E-state index contributed by atoms with van der Waals surface area (Å²) in [5, 5.41) is 9.00. The zero-order valence-corrected chi connectivity index (χ0v) is 10.9. The average Bonchev–Trinajstić information content (AvgIpc) is 2.19. The van der Waals surface area contributed by atoms with Crippen LogP contribution in [0.1, 0.15) is 25.8 Å². The van der Waals surface area contributed by atoms with Crippen molar-refractivity contribution < 1.29 is 9.90 Å². The Morgan fingerprint density at radius 2 is 1.87 bits per heavy atom. The van der Waals surface area contributed by atoms with Crippen LogP contribution < -0.4 is 0 Å². The summed E-state index contributed by atoms with van der Waals surface area (Å²) < 4.78 is 1.15. The molecule has 3 heteroatoms. The summed E-state index contributed by atoms with van der Waals surface area (Å²) in [6.07, 6.45) is 0.549. The second-order valence-corrected chi connectivity index (χ2v) is 4.51. The average molecular weight is 316 g/mol. The fraction of sp³-hybridized carbons (Fsp3) is 0.250. The normalized spacial score (nSPS) is 12.2. The van der Waals surface area contributed by atoms with Crippen LogP contribution in [0.25, 0.3) is 5.57 Å². The lowest BCUT2D eigenvalue weighted by Crippen LogP contribution is -2.02. The summed E-state index contributed by atoms with van der Waals surface area (Å²) in [4.78, 5) is 11.0. The number of hydrogen-bond acceptors (Lipinski definition) is 1. The first kappa shape index (κ1) is 12.2. The minimum absolute atomic E-state index is 0.483. The molecule has 0 atom stereocenters. The molecule has 0 unspecified atom stereocenters. The van der Waals surface area contributed by atoms with E-state index in [2.05, 4.69) is 22.6 Å². The van der Waals surface area contributed by atoms with Gasteiger partial charge in [-0.2, -0.15) is 0 Å². The Balaban J connectivity index is 3.16. The number of carboxylic acid groups (broad SMARTS) is 1. The Labute approximate surface area is 103 Å². The first-order valence-corrected chi connectivity index (χ1v) is 5.83. The van der Waals surface area contributed by atoms with Crippen molar-refractivity contribution in [3.8, 4) is 0 Å². The molecule has 0 aliphatic heterocycles. The molecule has 0 saturated carbocycles. The Morgan fingerprint density at radius 1 is 1.33 bits per heavy atom. The van der Waals surface area contributed by atoms with Crippen LogP contribution in [-0.2, 0) is 4.79 Å². The topological polar surface area (TPSA) is 37.3 Å². The Morgan fingerprint density at radius 3 is 2.27 bits per heavy atom. The van der Waals surface area contributed by atoms with Crippen LogP contribution in [-0.4, -0.2) is 11.1 Å². The molecular weight excluding hydrogens is 303 g/mol. The summed E-state index contributed by atoms with van der Waals surface area (Å²) in [6.45, 7) is 3.72. The molecule has 80 valence electrons. The second-order valence-electron chi connectivity index (χ2n) is 3.27. The van der Waals surface area contributed by atoms with E-state index < -0.39 is 5.97 Å². The Bertz CT molecular complexity index is 391. The van der Waals surface area contributed by atoms with Crippen LogP contribution in [0.15, 0.2) is 29.8 Å². The molecule has 0 fully saturated rings. The second kappa shape index (κ2) is 5.30. The maximum atomic E-state index is 11.0. The molecule has 1 aromatic rings. The minimum Gasteiger partial charge on any atom is -0.478 e. The number of hydrogen-bond donors (Lipinski definition) is 1. The molecule has 1 N–H and O–H groups in total. The van der Waals surface area contributed by atoms with Gasteiger partial charge in [0.05, 0.1) is 0 Å². The number of carbonyl (C=O) groups is 1. The van der Waals surface area contributed by atoms with E-state index in [4.69, 9.17) is 5.11 Å². The van der Waals surface area contributed by atoms with Crippen molar-refractivity contribution in [1.29, 1.82) is 0 Å².